The zero-order valence-corrected chi connectivity index (χ0v) is 23.0. The number of H-pyrrole nitrogens is 1. The van der Waals surface area contributed by atoms with E-state index in [0.717, 1.165) is 56.4 Å². The molecule has 218 valence electrons. The SMILES string of the molecule is COC(=O)NCC(C1CCN(C(=O)C=Cc2ccc(F)c(F)c2F)CC1)N1CCC(c2c[nH]c3ccccc23)CC1. The van der Waals surface area contributed by atoms with Crippen molar-refractivity contribution >= 4 is 29.0 Å². The monoisotopic (exact) mass is 568 g/mol. The Balaban J connectivity index is 1.20. The molecule has 2 aromatic carbocycles. The molecule has 41 heavy (non-hydrogen) atoms. The number of hydrogen-bond donors (Lipinski definition) is 2. The number of carbonyl (C=O) groups excluding carboxylic acids is 2. The molecule has 2 amide bonds. The lowest BCUT2D eigenvalue weighted by molar-refractivity contribution is -0.127. The van der Waals surface area contributed by atoms with Crippen LogP contribution in [0.15, 0.2) is 48.7 Å². The Hall–Kier alpha value is -3.79. The number of methoxy groups -OCH3 is 1. The van der Waals surface area contributed by atoms with Crippen molar-refractivity contribution in [3.05, 3.63) is 77.2 Å². The van der Waals surface area contributed by atoms with E-state index in [2.05, 4.69) is 39.6 Å². The zero-order valence-electron chi connectivity index (χ0n) is 23.0. The third-order valence-corrected chi connectivity index (χ3v) is 8.57. The molecule has 2 N–H and O–H groups in total. The number of para-hydroxylation sites is 1. The van der Waals surface area contributed by atoms with Crippen LogP contribution in [0.25, 0.3) is 17.0 Å². The number of aromatic nitrogens is 1. The van der Waals surface area contributed by atoms with Crippen molar-refractivity contribution in [2.24, 2.45) is 5.92 Å². The number of benzene rings is 2. The first-order valence-electron chi connectivity index (χ1n) is 14.1. The third-order valence-electron chi connectivity index (χ3n) is 8.57. The second-order valence-electron chi connectivity index (χ2n) is 10.8. The molecule has 2 saturated heterocycles. The van der Waals surface area contributed by atoms with Crippen LogP contribution in [-0.2, 0) is 9.53 Å². The molecule has 2 fully saturated rings. The largest absolute Gasteiger partial charge is 0.453 e. The Morgan fingerprint density at radius 1 is 1.02 bits per heavy atom. The first kappa shape index (κ1) is 28.7. The summed E-state index contributed by atoms with van der Waals surface area (Å²) < 4.78 is 45.5. The summed E-state index contributed by atoms with van der Waals surface area (Å²) in [5.74, 6) is -3.74. The maximum atomic E-state index is 14.0. The summed E-state index contributed by atoms with van der Waals surface area (Å²) in [4.78, 5) is 32.2. The van der Waals surface area contributed by atoms with Crippen LogP contribution in [0.5, 0.6) is 0 Å². The highest BCUT2D eigenvalue weighted by Gasteiger charge is 2.34. The Kier molecular flexibility index (Phi) is 8.97. The van der Waals surface area contributed by atoms with Gasteiger partial charge in [-0.05, 0) is 80.4 Å². The number of alkyl carbamates (subject to hydrolysis) is 1. The van der Waals surface area contributed by atoms with Gasteiger partial charge in [-0.25, -0.2) is 18.0 Å². The van der Waals surface area contributed by atoms with Crippen molar-refractivity contribution in [3.8, 4) is 0 Å². The van der Waals surface area contributed by atoms with Gasteiger partial charge in [-0.2, -0.15) is 0 Å². The van der Waals surface area contributed by atoms with E-state index < -0.39 is 23.5 Å². The number of nitrogens with zero attached hydrogens (tertiary/aromatic N) is 2. The van der Waals surface area contributed by atoms with Crippen LogP contribution >= 0.6 is 0 Å². The number of nitrogens with one attached hydrogen (secondary N) is 2. The first-order chi connectivity index (χ1) is 19.9. The van der Waals surface area contributed by atoms with E-state index in [0.29, 0.717) is 25.6 Å². The topological polar surface area (TPSA) is 77.7 Å². The van der Waals surface area contributed by atoms with Crippen molar-refractivity contribution in [2.75, 3.05) is 39.8 Å². The van der Waals surface area contributed by atoms with E-state index >= 15 is 0 Å². The van der Waals surface area contributed by atoms with E-state index in [1.54, 1.807) is 4.90 Å². The number of aromatic amines is 1. The molecular weight excluding hydrogens is 533 g/mol. The lowest BCUT2D eigenvalue weighted by Gasteiger charge is -2.44. The first-order valence-corrected chi connectivity index (χ1v) is 14.1. The summed E-state index contributed by atoms with van der Waals surface area (Å²) in [6, 6.07) is 10.4. The number of likely N-dealkylation sites (tertiary alicyclic amines) is 2. The van der Waals surface area contributed by atoms with Crippen molar-refractivity contribution in [3.63, 3.8) is 0 Å². The highest BCUT2D eigenvalue weighted by atomic mass is 19.2. The van der Waals surface area contributed by atoms with Gasteiger partial charge in [0.1, 0.15) is 0 Å². The van der Waals surface area contributed by atoms with Crippen LogP contribution < -0.4 is 5.32 Å². The summed E-state index contributed by atoms with van der Waals surface area (Å²) >= 11 is 0. The molecule has 0 saturated carbocycles. The minimum absolute atomic E-state index is 0.0992. The van der Waals surface area contributed by atoms with E-state index in [1.165, 1.54) is 30.2 Å². The number of piperidine rings is 2. The Morgan fingerprint density at radius 2 is 1.76 bits per heavy atom. The number of amides is 2. The quantitative estimate of drug-likeness (QED) is 0.294. The maximum absolute atomic E-state index is 14.0. The number of rotatable bonds is 7. The second kappa shape index (κ2) is 12.8. The van der Waals surface area contributed by atoms with Crippen molar-refractivity contribution < 1.29 is 27.5 Å². The molecule has 1 atom stereocenters. The van der Waals surface area contributed by atoms with Gasteiger partial charge >= 0.3 is 6.09 Å². The molecule has 0 radical (unpaired) electrons. The fourth-order valence-corrected chi connectivity index (χ4v) is 6.27. The van der Waals surface area contributed by atoms with Gasteiger partial charge in [0.25, 0.3) is 0 Å². The Morgan fingerprint density at radius 3 is 2.49 bits per heavy atom. The maximum Gasteiger partial charge on any atom is 0.406 e. The minimum Gasteiger partial charge on any atom is -0.453 e. The van der Waals surface area contributed by atoms with Crippen molar-refractivity contribution in [2.45, 2.75) is 37.6 Å². The number of hydrogen-bond acceptors (Lipinski definition) is 4. The number of halogens is 3. The third kappa shape index (κ3) is 6.43. The summed E-state index contributed by atoms with van der Waals surface area (Å²) in [6.07, 6.45) is 7.55. The van der Waals surface area contributed by atoms with Crippen LogP contribution in [0.2, 0.25) is 0 Å². The molecule has 5 rings (SSSR count). The van der Waals surface area contributed by atoms with E-state index in [4.69, 9.17) is 4.74 Å². The van der Waals surface area contributed by atoms with Gasteiger partial charge in [-0.3, -0.25) is 9.69 Å². The highest BCUT2D eigenvalue weighted by Crippen LogP contribution is 2.35. The normalized spacial score (nSPS) is 18.2. The lowest BCUT2D eigenvalue weighted by atomic mass is 9.84. The molecule has 2 aliphatic rings. The minimum atomic E-state index is -1.56. The standard InChI is InChI=1S/C31H35F3N4O3/c1-41-31(40)36-19-27(37-14-10-20(11-15-37)24-18-35-26-5-3-2-4-23(24)26)21-12-16-38(17-13-21)28(39)9-7-22-6-8-25(32)30(34)29(22)33/h2-9,18,20-21,27,35H,10-17,19H2,1H3,(H,36,40). The number of carbonyl (C=O) groups is 2. The molecule has 1 unspecified atom stereocenters. The van der Waals surface area contributed by atoms with Crippen molar-refractivity contribution in [1.82, 2.24) is 20.1 Å². The summed E-state index contributed by atoms with van der Waals surface area (Å²) in [7, 11) is 1.35. The average molecular weight is 569 g/mol. The van der Waals surface area contributed by atoms with Gasteiger partial charge in [-0.1, -0.05) is 18.2 Å². The summed E-state index contributed by atoms with van der Waals surface area (Å²) in [5.41, 5.74) is 2.32. The van der Waals surface area contributed by atoms with E-state index in [9.17, 15) is 22.8 Å². The lowest BCUT2D eigenvalue weighted by Crippen LogP contribution is -2.53. The van der Waals surface area contributed by atoms with E-state index in [-0.39, 0.29) is 23.4 Å². The molecule has 0 aliphatic carbocycles. The fraction of sp³-hybridized carbons (Fsp3) is 0.419. The summed E-state index contributed by atoms with van der Waals surface area (Å²) in [6.45, 7) is 3.28. The molecule has 1 aromatic heterocycles. The van der Waals surface area contributed by atoms with Crippen LogP contribution in [0, 0.1) is 23.4 Å². The molecule has 0 spiro atoms. The van der Waals surface area contributed by atoms with Gasteiger partial charge in [-0.15, -0.1) is 0 Å². The average Bonchev–Trinajstić information content (AvgIpc) is 3.44. The molecule has 7 nitrogen and oxygen atoms in total. The molecule has 0 bridgehead atoms. The van der Waals surface area contributed by atoms with Gasteiger partial charge in [0.15, 0.2) is 17.5 Å². The predicted octanol–water partition coefficient (Wildman–Crippen LogP) is 5.44. The summed E-state index contributed by atoms with van der Waals surface area (Å²) in [5, 5.41) is 4.16. The van der Waals surface area contributed by atoms with Gasteiger partial charge in [0.2, 0.25) is 5.91 Å². The molecule has 3 heterocycles. The highest BCUT2D eigenvalue weighted by molar-refractivity contribution is 5.91. The zero-order chi connectivity index (χ0) is 28.9. The fourth-order valence-electron chi connectivity index (χ4n) is 6.27. The van der Waals surface area contributed by atoms with Crippen LogP contribution in [-0.4, -0.2) is 72.7 Å². The van der Waals surface area contributed by atoms with Crippen LogP contribution in [0.3, 0.4) is 0 Å². The van der Waals surface area contributed by atoms with Crippen LogP contribution in [0.1, 0.15) is 42.7 Å². The Labute approximate surface area is 237 Å². The molecule has 3 aromatic rings. The number of fused-ring (bicyclic) bond motifs is 1. The van der Waals surface area contributed by atoms with Crippen molar-refractivity contribution in [1.29, 1.82) is 0 Å². The van der Waals surface area contributed by atoms with Gasteiger partial charge in [0, 0.05) is 54.4 Å². The number of ether oxygens (including phenoxy) is 1. The predicted molar refractivity (Wildman–Crippen MR) is 151 cm³/mol. The van der Waals surface area contributed by atoms with Crippen LogP contribution in [0.4, 0.5) is 18.0 Å². The molecule has 2 aliphatic heterocycles. The second-order valence-corrected chi connectivity index (χ2v) is 10.8. The Bertz CT molecular complexity index is 1410. The van der Waals surface area contributed by atoms with Gasteiger partial charge < -0.3 is 19.9 Å². The molecular formula is C31H35F3N4O3. The smallest absolute Gasteiger partial charge is 0.406 e. The van der Waals surface area contributed by atoms with E-state index in [1.807, 2.05) is 6.07 Å². The molecule has 10 heteroatoms. The van der Waals surface area contributed by atoms with Gasteiger partial charge in [0.05, 0.1) is 7.11 Å².